The number of amides is 3. The van der Waals surface area contributed by atoms with Crippen molar-refractivity contribution in [2.75, 3.05) is 13.2 Å². The summed E-state index contributed by atoms with van der Waals surface area (Å²) in [5.74, 6) is -1.31. The first-order valence-corrected chi connectivity index (χ1v) is 8.70. The van der Waals surface area contributed by atoms with E-state index in [1.54, 1.807) is 24.3 Å². The highest BCUT2D eigenvalue weighted by molar-refractivity contribution is 7.14. The van der Waals surface area contributed by atoms with Crippen LogP contribution in [-0.2, 0) is 16.1 Å². The van der Waals surface area contributed by atoms with Crippen LogP contribution in [-0.4, -0.2) is 41.7 Å². The Kier molecular flexibility index (Phi) is 5.13. The number of ether oxygens (including phenoxy) is 1. The van der Waals surface area contributed by atoms with Crippen molar-refractivity contribution >= 4 is 35.0 Å². The van der Waals surface area contributed by atoms with Gasteiger partial charge in [0.1, 0.15) is 0 Å². The summed E-state index contributed by atoms with van der Waals surface area (Å²) < 4.78 is 5.13. The summed E-state index contributed by atoms with van der Waals surface area (Å²) in [6.07, 6.45) is 0. The van der Waals surface area contributed by atoms with Crippen LogP contribution in [0.2, 0.25) is 0 Å². The van der Waals surface area contributed by atoms with E-state index in [0.717, 1.165) is 9.78 Å². The van der Waals surface area contributed by atoms with E-state index in [1.165, 1.54) is 17.4 Å². The lowest BCUT2D eigenvalue weighted by Gasteiger charge is -2.15. The maximum Gasteiger partial charge on any atom is 0.338 e. The number of Topliss-reactive ketones (excluding diaryl/α,β-unsaturated/α-hetero) is 1. The van der Waals surface area contributed by atoms with Crippen molar-refractivity contribution in [1.82, 2.24) is 10.2 Å². The van der Waals surface area contributed by atoms with Crippen LogP contribution < -0.4 is 5.32 Å². The number of carbonyl (C=O) groups is 4. The number of nitrogens with one attached hydrogen (secondary N) is 1. The van der Waals surface area contributed by atoms with Gasteiger partial charge in [-0.2, -0.15) is 0 Å². The van der Waals surface area contributed by atoms with Crippen molar-refractivity contribution in [3.8, 4) is 0 Å². The number of esters is 1. The number of imide groups is 1. The zero-order chi connectivity index (χ0) is 18.7. The number of urea groups is 1. The van der Waals surface area contributed by atoms with Crippen LogP contribution in [0.25, 0.3) is 0 Å². The van der Waals surface area contributed by atoms with E-state index in [9.17, 15) is 19.2 Å². The topological polar surface area (TPSA) is 92.8 Å². The molecule has 0 radical (unpaired) electrons. The molecule has 3 rings (SSSR count). The zero-order valence-corrected chi connectivity index (χ0v) is 14.8. The van der Waals surface area contributed by atoms with Gasteiger partial charge in [-0.05, 0) is 30.7 Å². The monoisotopic (exact) mass is 372 g/mol. The van der Waals surface area contributed by atoms with Crippen LogP contribution in [0.3, 0.4) is 0 Å². The largest absolute Gasteiger partial charge is 0.454 e. The minimum atomic E-state index is -0.672. The Morgan fingerprint density at radius 3 is 2.62 bits per heavy atom. The summed E-state index contributed by atoms with van der Waals surface area (Å²) in [4.78, 5) is 50.4. The van der Waals surface area contributed by atoms with Crippen molar-refractivity contribution < 1.29 is 23.9 Å². The van der Waals surface area contributed by atoms with Gasteiger partial charge in [0.25, 0.3) is 0 Å². The smallest absolute Gasteiger partial charge is 0.338 e. The minimum Gasteiger partial charge on any atom is -0.454 e. The maximum atomic E-state index is 12.4. The quantitative estimate of drug-likeness (QED) is 0.476. The molecule has 3 amide bonds. The molecule has 134 valence electrons. The molecule has 26 heavy (non-hydrogen) atoms. The molecule has 1 fully saturated rings. The summed E-state index contributed by atoms with van der Waals surface area (Å²) in [6.45, 7) is 1.43. The standard InChI is InChI=1S/C18H16N2O5S/c1-11-6-7-15(26-11)14(21)10-25-17(23)13-5-3-2-4-12(13)9-20-16(22)8-19-18(20)24/h2-7H,8-10H2,1H3,(H,19,24). The second-order valence-electron chi connectivity index (χ2n) is 5.71. The number of nitrogens with zero attached hydrogens (tertiary/aromatic N) is 1. The maximum absolute atomic E-state index is 12.4. The van der Waals surface area contributed by atoms with Crippen LogP contribution in [0, 0.1) is 6.92 Å². The second kappa shape index (κ2) is 7.49. The lowest BCUT2D eigenvalue weighted by Crippen LogP contribution is -2.31. The predicted molar refractivity (Wildman–Crippen MR) is 94.1 cm³/mol. The highest BCUT2D eigenvalue weighted by atomic mass is 32.1. The Hall–Kier alpha value is -3.00. The van der Waals surface area contributed by atoms with Gasteiger partial charge in [-0.15, -0.1) is 11.3 Å². The van der Waals surface area contributed by atoms with Crippen LogP contribution in [0.1, 0.15) is 30.5 Å². The molecule has 1 saturated heterocycles. The molecule has 1 aromatic heterocycles. The summed E-state index contributed by atoms with van der Waals surface area (Å²) >= 11 is 1.34. The number of rotatable bonds is 6. The van der Waals surface area contributed by atoms with E-state index >= 15 is 0 Å². The van der Waals surface area contributed by atoms with Gasteiger partial charge in [-0.3, -0.25) is 14.5 Å². The van der Waals surface area contributed by atoms with Gasteiger partial charge in [0.05, 0.1) is 23.5 Å². The third-order valence-corrected chi connectivity index (χ3v) is 4.89. The molecule has 0 saturated carbocycles. The third-order valence-electron chi connectivity index (χ3n) is 3.85. The number of hydrogen-bond acceptors (Lipinski definition) is 6. The molecule has 0 aliphatic carbocycles. The molecular formula is C18H16N2O5S. The van der Waals surface area contributed by atoms with Gasteiger partial charge >= 0.3 is 12.0 Å². The summed E-state index contributed by atoms with van der Waals surface area (Å²) in [5, 5.41) is 2.43. The SMILES string of the molecule is Cc1ccc(C(=O)COC(=O)c2ccccc2CN2C(=O)CNC2=O)s1. The van der Waals surface area contributed by atoms with E-state index in [2.05, 4.69) is 5.32 Å². The fourth-order valence-electron chi connectivity index (χ4n) is 2.51. The van der Waals surface area contributed by atoms with E-state index in [0.29, 0.717) is 10.4 Å². The van der Waals surface area contributed by atoms with Crippen molar-refractivity contribution in [2.24, 2.45) is 0 Å². The number of thiophene rings is 1. The number of hydrogen-bond donors (Lipinski definition) is 1. The Bertz CT molecular complexity index is 873. The Balaban J connectivity index is 1.68. The van der Waals surface area contributed by atoms with Gasteiger partial charge in [0.2, 0.25) is 11.7 Å². The number of carbonyl (C=O) groups excluding carboxylic acids is 4. The van der Waals surface area contributed by atoms with Crippen LogP contribution in [0.4, 0.5) is 4.79 Å². The molecule has 1 aliphatic heterocycles. The molecule has 0 bridgehead atoms. The van der Waals surface area contributed by atoms with E-state index in [4.69, 9.17) is 4.74 Å². The first-order chi connectivity index (χ1) is 12.5. The minimum absolute atomic E-state index is 0.0337. The van der Waals surface area contributed by atoms with Gasteiger partial charge in [-0.1, -0.05) is 18.2 Å². The summed E-state index contributed by atoms with van der Waals surface area (Å²) in [6, 6.07) is 9.55. The highest BCUT2D eigenvalue weighted by Crippen LogP contribution is 2.17. The molecule has 0 atom stereocenters. The first-order valence-electron chi connectivity index (χ1n) is 7.88. The molecule has 2 heterocycles. The fourth-order valence-corrected chi connectivity index (χ4v) is 3.30. The molecule has 2 aromatic rings. The average molecular weight is 372 g/mol. The highest BCUT2D eigenvalue weighted by Gasteiger charge is 2.29. The van der Waals surface area contributed by atoms with E-state index < -0.39 is 12.0 Å². The number of aryl methyl sites for hydroxylation is 1. The van der Waals surface area contributed by atoms with Crippen LogP contribution in [0.15, 0.2) is 36.4 Å². The lowest BCUT2D eigenvalue weighted by atomic mass is 10.1. The van der Waals surface area contributed by atoms with E-state index in [1.807, 2.05) is 13.0 Å². The Morgan fingerprint density at radius 1 is 1.19 bits per heavy atom. The van der Waals surface area contributed by atoms with E-state index in [-0.39, 0.29) is 37.0 Å². The van der Waals surface area contributed by atoms with Crippen molar-refractivity contribution in [3.05, 3.63) is 57.3 Å². The first kappa shape index (κ1) is 17.8. The molecule has 0 unspecified atom stereocenters. The van der Waals surface area contributed by atoms with Gasteiger partial charge in [-0.25, -0.2) is 9.59 Å². The number of ketones is 1. The third kappa shape index (κ3) is 3.80. The molecule has 1 aliphatic rings. The average Bonchev–Trinajstić information content (AvgIpc) is 3.20. The van der Waals surface area contributed by atoms with Gasteiger partial charge in [0.15, 0.2) is 6.61 Å². The van der Waals surface area contributed by atoms with Crippen LogP contribution >= 0.6 is 11.3 Å². The zero-order valence-electron chi connectivity index (χ0n) is 14.0. The van der Waals surface area contributed by atoms with Gasteiger partial charge in [0, 0.05) is 4.88 Å². The summed E-state index contributed by atoms with van der Waals surface area (Å²) in [7, 11) is 0. The molecule has 1 aromatic carbocycles. The summed E-state index contributed by atoms with van der Waals surface area (Å²) in [5.41, 5.74) is 0.692. The van der Waals surface area contributed by atoms with Crippen LogP contribution in [0.5, 0.6) is 0 Å². The lowest BCUT2D eigenvalue weighted by molar-refractivity contribution is -0.125. The molecule has 0 spiro atoms. The Morgan fingerprint density at radius 2 is 1.96 bits per heavy atom. The molecular weight excluding hydrogens is 356 g/mol. The van der Waals surface area contributed by atoms with Crippen molar-refractivity contribution in [2.45, 2.75) is 13.5 Å². The predicted octanol–water partition coefficient (Wildman–Crippen LogP) is 2.15. The second-order valence-corrected chi connectivity index (χ2v) is 6.99. The Labute approximate surface area is 153 Å². The fraction of sp³-hybridized carbons (Fsp3) is 0.222. The van der Waals surface area contributed by atoms with Gasteiger partial charge < -0.3 is 10.1 Å². The normalized spacial score (nSPS) is 13.7. The molecule has 7 nitrogen and oxygen atoms in total. The number of benzene rings is 1. The molecule has 8 heteroatoms. The molecule has 1 N–H and O–H groups in total. The van der Waals surface area contributed by atoms with Crippen molar-refractivity contribution in [1.29, 1.82) is 0 Å². The van der Waals surface area contributed by atoms with Crippen molar-refractivity contribution in [3.63, 3.8) is 0 Å².